The molecule has 0 bridgehead atoms. The van der Waals surface area contributed by atoms with Gasteiger partial charge in [0.2, 0.25) is 0 Å². The van der Waals surface area contributed by atoms with Crippen LogP contribution < -0.4 is 21.5 Å². The van der Waals surface area contributed by atoms with Gasteiger partial charge in [0.1, 0.15) is 5.75 Å². The Morgan fingerprint density at radius 2 is 1.84 bits per heavy atom. The van der Waals surface area contributed by atoms with E-state index in [4.69, 9.17) is 16.2 Å². The summed E-state index contributed by atoms with van der Waals surface area (Å²) in [5.74, 6) is -0.281. The predicted octanol–water partition coefficient (Wildman–Crippen LogP) is 0.0178. The lowest BCUT2D eigenvalue weighted by atomic mass is 10.1. The normalized spacial score (nSPS) is 10.9. The molecule has 0 aliphatic carbocycles. The molecule has 1 rings (SSSR count). The van der Waals surface area contributed by atoms with Crippen LogP contribution in [0.4, 0.5) is 0 Å². The summed E-state index contributed by atoms with van der Waals surface area (Å²) < 4.78 is 5.10. The van der Waals surface area contributed by atoms with Gasteiger partial charge in [-0.25, -0.2) is 0 Å². The summed E-state index contributed by atoms with van der Waals surface area (Å²) >= 11 is 0. The number of carbonyl (C=O) groups is 2. The number of primary amides is 1. The third-order valence-electron chi connectivity index (χ3n) is 2.46. The van der Waals surface area contributed by atoms with Crippen molar-refractivity contribution in [3.63, 3.8) is 0 Å². The van der Waals surface area contributed by atoms with Crippen LogP contribution in [-0.4, -0.2) is 30.5 Å². The van der Waals surface area contributed by atoms with Crippen LogP contribution in [0, 0.1) is 0 Å². The van der Waals surface area contributed by atoms with Gasteiger partial charge < -0.3 is 21.5 Å². The summed E-state index contributed by atoms with van der Waals surface area (Å²) in [6.07, 6.45) is 0. The molecule has 0 unspecified atom stereocenters. The van der Waals surface area contributed by atoms with Crippen LogP contribution in [0.3, 0.4) is 0 Å². The summed E-state index contributed by atoms with van der Waals surface area (Å²) in [6.45, 7) is 3.84. The van der Waals surface area contributed by atoms with Crippen molar-refractivity contribution in [2.24, 2.45) is 11.5 Å². The molecule has 0 aliphatic heterocycles. The lowest BCUT2D eigenvalue weighted by Gasteiger charge is -2.24. The maximum Gasteiger partial charge on any atom is 0.255 e. The standard InChI is InChI=1S/C13H19N3O3/c1-13(2,8-14)16-12(18)9-3-5-10(6-4-9)19-7-11(15)17/h3-6H,7-8,14H2,1-2H3,(H2,15,17)(H,16,18). The number of hydrogen-bond acceptors (Lipinski definition) is 4. The quantitative estimate of drug-likeness (QED) is 0.673. The fraction of sp³-hybridized carbons (Fsp3) is 0.385. The Morgan fingerprint density at radius 3 is 2.32 bits per heavy atom. The molecule has 6 nitrogen and oxygen atoms in total. The fourth-order valence-corrected chi connectivity index (χ4v) is 1.29. The van der Waals surface area contributed by atoms with Crippen molar-refractivity contribution < 1.29 is 14.3 Å². The number of benzene rings is 1. The van der Waals surface area contributed by atoms with E-state index >= 15 is 0 Å². The van der Waals surface area contributed by atoms with E-state index in [2.05, 4.69) is 5.32 Å². The highest BCUT2D eigenvalue weighted by Gasteiger charge is 2.19. The number of amides is 2. The molecule has 0 fully saturated rings. The van der Waals surface area contributed by atoms with Crippen LogP contribution in [0.2, 0.25) is 0 Å². The van der Waals surface area contributed by atoms with Crippen LogP contribution in [-0.2, 0) is 4.79 Å². The van der Waals surface area contributed by atoms with E-state index in [1.165, 1.54) is 0 Å². The van der Waals surface area contributed by atoms with Gasteiger partial charge in [-0.05, 0) is 38.1 Å². The first-order valence-electron chi connectivity index (χ1n) is 5.88. The van der Waals surface area contributed by atoms with Gasteiger partial charge in [0, 0.05) is 17.6 Å². The van der Waals surface area contributed by atoms with E-state index in [1.54, 1.807) is 24.3 Å². The minimum atomic E-state index is -0.550. The lowest BCUT2D eigenvalue weighted by molar-refractivity contribution is -0.119. The molecule has 0 saturated heterocycles. The molecule has 0 saturated carbocycles. The molecule has 1 aromatic rings. The third-order valence-corrected chi connectivity index (χ3v) is 2.46. The van der Waals surface area contributed by atoms with Crippen LogP contribution in [0.15, 0.2) is 24.3 Å². The molecule has 0 spiro atoms. The summed E-state index contributed by atoms with van der Waals surface area (Å²) in [4.78, 5) is 22.5. The van der Waals surface area contributed by atoms with E-state index < -0.39 is 11.4 Å². The monoisotopic (exact) mass is 265 g/mol. The zero-order chi connectivity index (χ0) is 14.5. The second kappa shape index (κ2) is 6.19. The molecule has 0 aliphatic rings. The Kier molecular flexibility index (Phi) is 4.88. The van der Waals surface area contributed by atoms with Gasteiger partial charge in [-0.15, -0.1) is 0 Å². The van der Waals surface area contributed by atoms with Crippen molar-refractivity contribution in [3.8, 4) is 5.75 Å². The van der Waals surface area contributed by atoms with E-state index in [0.29, 0.717) is 17.9 Å². The molecule has 2 amide bonds. The molecule has 19 heavy (non-hydrogen) atoms. The maximum absolute atomic E-state index is 11.9. The lowest BCUT2D eigenvalue weighted by Crippen LogP contribution is -2.48. The predicted molar refractivity (Wildman–Crippen MR) is 71.7 cm³/mol. The molecule has 0 heterocycles. The summed E-state index contributed by atoms with van der Waals surface area (Å²) in [6, 6.07) is 6.43. The minimum absolute atomic E-state index is 0.189. The second-order valence-corrected chi connectivity index (χ2v) is 4.82. The molecule has 0 radical (unpaired) electrons. The number of carbonyl (C=O) groups excluding carboxylic acids is 2. The molecule has 0 atom stereocenters. The van der Waals surface area contributed by atoms with Crippen molar-refractivity contribution >= 4 is 11.8 Å². The van der Waals surface area contributed by atoms with Gasteiger partial charge in [-0.3, -0.25) is 9.59 Å². The second-order valence-electron chi connectivity index (χ2n) is 4.82. The number of rotatable bonds is 6. The number of nitrogens with one attached hydrogen (secondary N) is 1. The van der Waals surface area contributed by atoms with Crippen molar-refractivity contribution in [2.45, 2.75) is 19.4 Å². The average Bonchev–Trinajstić information content (AvgIpc) is 2.36. The van der Waals surface area contributed by atoms with Crippen molar-refractivity contribution in [3.05, 3.63) is 29.8 Å². The number of ether oxygens (including phenoxy) is 1. The zero-order valence-corrected chi connectivity index (χ0v) is 11.1. The van der Waals surface area contributed by atoms with Crippen LogP contribution >= 0.6 is 0 Å². The van der Waals surface area contributed by atoms with Gasteiger partial charge in [0.15, 0.2) is 6.61 Å². The highest BCUT2D eigenvalue weighted by molar-refractivity contribution is 5.94. The van der Waals surface area contributed by atoms with E-state index in [9.17, 15) is 9.59 Å². The topological polar surface area (TPSA) is 107 Å². The van der Waals surface area contributed by atoms with Gasteiger partial charge in [0.05, 0.1) is 0 Å². The van der Waals surface area contributed by atoms with Gasteiger partial charge in [-0.2, -0.15) is 0 Å². The Bertz CT molecular complexity index is 455. The molecular weight excluding hydrogens is 246 g/mol. The Balaban J connectivity index is 2.65. The smallest absolute Gasteiger partial charge is 0.255 e. The van der Waals surface area contributed by atoms with E-state index in [0.717, 1.165) is 0 Å². The van der Waals surface area contributed by atoms with Crippen LogP contribution in [0.1, 0.15) is 24.2 Å². The molecule has 6 heteroatoms. The van der Waals surface area contributed by atoms with Crippen molar-refractivity contribution in [2.75, 3.05) is 13.2 Å². The van der Waals surface area contributed by atoms with Gasteiger partial charge in [0.25, 0.3) is 11.8 Å². The first kappa shape index (κ1) is 15.0. The SMILES string of the molecule is CC(C)(CN)NC(=O)c1ccc(OCC(N)=O)cc1. The van der Waals surface area contributed by atoms with Gasteiger partial charge >= 0.3 is 0 Å². The Morgan fingerprint density at radius 1 is 1.26 bits per heavy atom. The molecule has 104 valence electrons. The highest BCUT2D eigenvalue weighted by Crippen LogP contribution is 2.13. The minimum Gasteiger partial charge on any atom is -0.484 e. The summed E-state index contributed by atoms with van der Waals surface area (Å²) in [7, 11) is 0. The van der Waals surface area contributed by atoms with Crippen molar-refractivity contribution in [1.29, 1.82) is 0 Å². The Hall–Kier alpha value is -2.08. The maximum atomic E-state index is 11.9. The molecule has 1 aromatic carbocycles. The van der Waals surface area contributed by atoms with E-state index in [1.807, 2.05) is 13.8 Å². The zero-order valence-electron chi connectivity index (χ0n) is 11.1. The number of nitrogens with two attached hydrogens (primary N) is 2. The summed E-state index contributed by atoms with van der Waals surface area (Å²) in [5.41, 5.74) is 10.5. The molecule has 5 N–H and O–H groups in total. The van der Waals surface area contributed by atoms with Crippen molar-refractivity contribution in [1.82, 2.24) is 5.32 Å². The third kappa shape index (κ3) is 4.97. The van der Waals surface area contributed by atoms with Gasteiger partial charge in [-0.1, -0.05) is 0 Å². The highest BCUT2D eigenvalue weighted by atomic mass is 16.5. The fourth-order valence-electron chi connectivity index (χ4n) is 1.29. The molecule has 0 aromatic heterocycles. The molecular formula is C13H19N3O3. The Labute approximate surface area is 112 Å². The van der Waals surface area contributed by atoms with E-state index in [-0.39, 0.29) is 12.5 Å². The summed E-state index contributed by atoms with van der Waals surface area (Å²) in [5, 5.41) is 2.81. The first-order valence-corrected chi connectivity index (χ1v) is 5.88. The van der Waals surface area contributed by atoms with Crippen LogP contribution in [0.25, 0.3) is 0 Å². The number of hydrogen-bond donors (Lipinski definition) is 3. The van der Waals surface area contributed by atoms with Crippen LogP contribution in [0.5, 0.6) is 5.75 Å². The largest absolute Gasteiger partial charge is 0.484 e. The average molecular weight is 265 g/mol. The first-order chi connectivity index (χ1) is 8.84.